The predicted molar refractivity (Wildman–Crippen MR) is 126 cm³/mol. The molecule has 0 saturated heterocycles. The molecule has 0 aliphatic heterocycles. The Morgan fingerprint density at radius 2 is 0.824 bits per heavy atom. The van der Waals surface area contributed by atoms with Crippen LogP contribution in [0.1, 0.15) is 75.3 Å². The van der Waals surface area contributed by atoms with Crippen LogP contribution in [-0.4, -0.2) is 12.2 Å². The Morgan fingerprint density at radius 3 is 1.15 bits per heavy atom. The van der Waals surface area contributed by atoms with Gasteiger partial charge in [0.05, 0.1) is 12.2 Å². The summed E-state index contributed by atoms with van der Waals surface area (Å²) in [4.78, 5) is 0. The molecule has 0 amide bonds. The third-order valence-corrected chi connectivity index (χ3v) is 6.50. The standard InChI is InChI=1S/C28H30F4O2/c29-25(19-11-15-23(16-12-19)33-21-7-3-1-4-8-21)27(31)28(32)26(30)20-13-17-24(18-14-20)34-22-9-5-2-6-10-22/h11-18,21-22H,1-10H2/b27-25-,28-26+. The molecule has 0 N–H and O–H groups in total. The van der Waals surface area contributed by atoms with Crippen LogP contribution in [0.5, 0.6) is 11.5 Å². The number of rotatable bonds is 7. The predicted octanol–water partition coefficient (Wildman–Crippen LogP) is 9.02. The van der Waals surface area contributed by atoms with Gasteiger partial charge in [0.25, 0.3) is 0 Å². The minimum Gasteiger partial charge on any atom is -0.490 e. The van der Waals surface area contributed by atoms with Gasteiger partial charge in [-0.25, -0.2) is 17.6 Å². The Bertz CT molecular complexity index is 916. The monoisotopic (exact) mass is 474 g/mol. The van der Waals surface area contributed by atoms with Gasteiger partial charge in [0, 0.05) is 11.1 Å². The smallest absolute Gasteiger partial charge is 0.198 e. The van der Waals surface area contributed by atoms with Crippen LogP contribution in [0.3, 0.4) is 0 Å². The second-order valence-corrected chi connectivity index (χ2v) is 9.06. The highest BCUT2D eigenvalue weighted by atomic mass is 19.2. The molecule has 0 spiro atoms. The molecule has 0 radical (unpaired) electrons. The molecule has 2 nitrogen and oxygen atoms in total. The minimum absolute atomic E-state index is 0.116. The van der Waals surface area contributed by atoms with Crippen molar-refractivity contribution in [3.63, 3.8) is 0 Å². The molecule has 0 aromatic heterocycles. The molecule has 2 aromatic rings. The van der Waals surface area contributed by atoms with Crippen LogP contribution in [0.4, 0.5) is 17.6 Å². The van der Waals surface area contributed by atoms with Crippen molar-refractivity contribution < 1.29 is 27.0 Å². The molecule has 182 valence electrons. The summed E-state index contributed by atoms with van der Waals surface area (Å²) in [6.07, 6.45) is 10.9. The number of ether oxygens (including phenoxy) is 2. The van der Waals surface area contributed by atoms with Crippen molar-refractivity contribution in [3.8, 4) is 11.5 Å². The molecule has 0 bridgehead atoms. The number of benzene rings is 2. The summed E-state index contributed by atoms with van der Waals surface area (Å²) in [5.74, 6) is -5.59. The average molecular weight is 475 g/mol. The maximum absolute atomic E-state index is 14.6. The Kier molecular flexibility index (Phi) is 8.30. The first-order chi connectivity index (χ1) is 16.5. The first kappa shape index (κ1) is 24.4. The van der Waals surface area contributed by atoms with E-state index in [0.717, 1.165) is 51.4 Å². The number of hydrogen-bond donors (Lipinski definition) is 0. The Balaban J connectivity index is 1.43. The summed E-state index contributed by atoms with van der Waals surface area (Å²) in [5, 5.41) is 0. The highest BCUT2D eigenvalue weighted by Gasteiger charge is 2.21. The average Bonchev–Trinajstić information content (AvgIpc) is 2.89. The molecule has 0 atom stereocenters. The number of allylic oxidation sites excluding steroid dienone is 2. The minimum atomic E-state index is -1.87. The SMILES string of the molecule is FC(=C(\F)c1ccc(OC2CCCCC2)cc1)/C(F)=C(\F)c1ccc(OC2CCCCC2)cc1. The quantitative estimate of drug-likeness (QED) is 0.294. The molecule has 2 aliphatic rings. The van der Waals surface area contributed by atoms with Gasteiger partial charge in [-0.05, 0) is 99.9 Å². The number of halogens is 4. The van der Waals surface area contributed by atoms with E-state index in [-0.39, 0.29) is 23.3 Å². The summed E-state index contributed by atoms with van der Waals surface area (Å²) in [6.45, 7) is 0. The Labute approximate surface area is 198 Å². The van der Waals surface area contributed by atoms with Crippen LogP contribution >= 0.6 is 0 Å². The fourth-order valence-electron chi connectivity index (χ4n) is 4.56. The van der Waals surface area contributed by atoms with Crippen molar-refractivity contribution in [3.05, 3.63) is 71.3 Å². The van der Waals surface area contributed by atoms with Gasteiger partial charge in [-0.1, -0.05) is 12.8 Å². The number of hydrogen-bond acceptors (Lipinski definition) is 2. The van der Waals surface area contributed by atoms with Crippen LogP contribution in [0.2, 0.25) is 0 Å². The molecule has 2 saturated carbocycles. The Morgan fingerprint density at radius 1 is 0.500 bits per heavy atom. The van der Waals surface area contributed by atoms with E-state index in [1.807, 2.05) is 0 Å². The van der Waals surface area contributed by atoms with Crippen LogP contribution in [0.25, 0.3) is 11.7 Å². The topological polar surface area (TPSA) is 18.5 Å². The molecule has 6 heteroatoms. The molecular weight excluding hydrogens is 444 g/mol. The fourth-order valence-corrected chi connectivity index (χ4v) is 4.56. The molecular formula is C28H30F4O2. The highest BCUT2D eigenvalue weighted by Crippen LogP contribution is 2.34. The normalized spacial score (nSPS) is 19.3. The highest BCUT2D eigenvalue weighted by molar-refractivity contribution is 5.71. The van der Waals surface area contributed by atoms with E-state index in [4.69, 9.17) is 9.47 Å². The van der Waals surface area contributed by atoms with Crippen LogP contribution in [0, 0.1) is 0 Å². The van der Waals surface area contributed by atoms with E-state index in [9.17, 15) is 17.6 Å². The molecule has 34 heavy (non-hydrogen) atoms. The zero-order valence-electron chi connectivity index (χ0n) is 19.2. The third kappa shape index (κ3) is 6.22. The van der Waals surface area contributed by atoms with E-state index in [1.54, 1.807) is 0 Å². The molecule has 2 fully saturated rings. The summed E-state index contributed by atoms with van der Waals surface area (Å²) in [7, 11) is 0. The van der Waals surface area contributed by atoms with Gasteiger partial charge in [0.15, 0.2) is 23.3 Å². The lowest BCUT2D eigenvalue weighted by Gasteiger charge is -2.23. The van der Waals surface area contributed by atoms with Gasteiger partial charge in [-0.3, -0.25) is 0 Å². The van der Waals surface area contributed by atoms with E-state index in [0.29, 0.717) is 11.5 Å². The zero-order valence-corrected chi connectivity index (χ0v) is 19.2. The lowest BCUT2D eigenvalue weighted by Crippen LogP contribution is -2.19. The maximum Gasteiger partial charge on any atom is 0.198 e. The van der Waals surface area contributed by atoms with E-state index in [2.05, 4.69) is 0 Å². The summed E-state index contributed by atoms with van der Waals surface area (Å²) < 4.78 is 69.8. The first-order valence-electron chi connectivity index (χ1n) is 12.2. The maximum atomic E-state index is 14.6. The summed E-state index contributed by atoms with van der Waals surface area (Å²) >= 11 is 0. The van der Waals surface area contributed by atoms with E-state index < -0.39 is 23.3 Å². The second kappa shape index (κ2) is 11.6. The first-order valence-corrected chi connectivity index (χ1v) is 12.2. The second-order valence-electron chi connectivity index (χ2n) is 9.06. The van der Waals surface area contributed by atoms with Gasteiger partial charge >= 0.3 is 0 Å². The van der Waals surface area contributed by atoms with Gasteiger partial charge in [0.1, 0.15) is 11.5 Å². The summed E-state index contributed by atoms with van der Waals surface area (Å²) in [5.41, 5.74) is -0.375. The van der Waals surface area contributed by atoms with Crippen LogP contribution in [0.15, 0.2) is 60.2 Å². The van der Waals surface area contributed by atoms with Gasteiger partial charge in [-0.2, -0.15) is 0 Å². The molecule has 0 heterocycles. The lowest BCUT2D eigenvalue weighted by molar-refractivity contribution is 0.155. The van der Waals surface area contributed by atoms with Crippen molar-refractivity contribution in [2.24, 2.45) is 0 Å². The van der Waals surface area contributed by atoms with Crippen LogP contribution in [-0.2, 0) is 0 Å². The van der Waals surface area contributed by atoms with Crippen molar-refractivity contribution in [1.82, 2.24) is 0 Å². The largest absolute Gasteiger partial charge is 0.490 e. The Hall–Kier alpha value is -2.76. The molecule has 4 rings (SSSR count). The van der Waals surface area contributed by atoms with Crippen LogP contribution < -0.4 is 9.47 Å². The fraction of sp³-hybridized carbons (Fsp3) is 0.429. The lowest BCUT2D eigenvalue weighted by atomic mass is 9.98. The van der Waals surface area contributed by atoms with Gasteiger partial charge < -0.3 is 9.47 Å². The van der Waals surface area contributed by atoms with Crippen molar-refractivity contribution >= 4 is 11.7 Å². The molecule has 2 aromatic carbocycles. The van der Waals surface area contributed by atoms with Gasteiger partial charge in [0.2, 0.25) is 0 Å². The van der Waals surface area contributed by atoms with Crippen molar-refractivity contribution in [2.45, 2.75) is 76.4 Å². The van der Waals surface area contributed by atoms with Crippen molar-refractivity contribution in [1.29, 1.82) is 0 Å². The summed E-state index contributed by atoms with van der Waals surface area (Å²) in [6, 6.07) is 11.3. The van der Waals surface area contributed by atoms with E-state index >= 15 is 0 Å². The zero-order chi connectivity index (χ0) is 23.9. The third-order valence-electron chi connectivity index (χ3n) is 6.50. The molecule has 2 aliphatic carbocycles. The molecule has 0 unspecified atom stereocenters. The van der Waals surface area contributed by atoms with Crippen molar-refractivity contribution in [2.75, 3.05) is 0 Å². The van der Waals surface area contributed by atoms with Gasteiger partial charge in [-0.15, -0.1) is 0 Å². The van der Waals surface area contributed by atoms with E-state index in [1.165, 1.54) is 61.4 Å².